The van der Waals surface area contributed by atoms with Gasteiger partial charge in [0.15, 0.2) is 18.9 Å². The fraction of sp³-hybridized carbons (Fsp3) is 0.860. The highest BCUT2D eigenvalue weighted by Gasteiger charge is 2.53. The molecule has 3 fully saturated rings. The van der Waals surface area contributed by atoms with E-state index in [-0.39, 0.29) is 18.9 Å². The van der Waals surface area contributed by atoms with E-state index < -0.39 is 124 Å². The zero-order valence-corrected chi connectivity index (χ0v) is 41.0. The molecule has 0 radical (unpaired) electrons. The van der Waals surface area contributed by atoms with Crippen LogP contribution in [0.5, 0.6) is 0 Å². The third kappa shape index (κ3) is 21.2. The standard InChI is InChI=1S/C50H89NO18/c1-3-5-7-8-9-10-11-12-13-14-15-16-17-18-19-20-21-22-23-24-25-26-27-34(55)33(51-38(56)28-6-4-2)32-64-48-44(62)41(59)46(36(30-53)66-48)69-50-45(63)42(60)47(37(31-54)67-50)68-49-43(61)40(58)39(57)35(29-52)65-49/h18-19,22-23,26-27,33-37,39-50,52-55,57-63H,3-17,20-21,24-25,28-32H2,1-2H3,(H,51,56)/b19-18+,23-22+,27-26+. The number of aliphatic hydroxyl groups is 11. The van der Waals surface area contributed by atoms with Crippen LogP contribution in [-0.2, 0) is 33.2 Å². The van der Waals surface area contributed by atoms with Crippen molar-refractivity contribution in [2.45, 2.75) is 247 Å². The van der Waals surface area contributed by atoms with E-state index in [0.717, 1.165) is 32.1 Å². The van der Waals surface area contributed by atoms with Gasteiger partial charge in [-0.05, 0) is 44.9 Å². The van der Waals surface area contributed by atoms with E-state index in [1.165, 1.54) is 77.0 Å². The van der Waals surface area contributed by atoms with Gasteiger partial charge in [0.05, 0.1) is 38.6 Å². The van der Waals surface area contributed by atoms with Crippen LogP contribution in [0, 0.1) is 0 Å². The van der Waals surface area contributed by atoms with Crippen LogP contribution in [0.15, 0.2) is 36.5 Å². The van der Waals surface area contributed by atoms with Crippen molar-refractivity contribution >= 4 is 5.91 Å². The lowest BCUT2D eigenvalue weighted by Crippen LogP contribution is -2.66. The highest BCUT2D eigenvalue weighted by molar-refractivity contribution is 5.76. The predicted molar refractivity (Wildman–Crippen MR) is 254 cm³/mol. The van der Waals surface area contributed by atoms with Crippen LogP contribution in [0.1, 0.15) is 142 Å². The minimum atomic E-state index is -1.98. The Labute approximate surface area is 409 Å². The maximum Gasteiger partial charge on any atom is 0.220 e. The number of rotatable bonds is 35. The van der Waals surface area contributed by atoms with E-state index in [4.69, 9.17) is 28.4 Å². The topological polar surface area (TPSA) is 307 Å². The van der Waals surface area contributed by atoms with Crippen LogP contribution in [0.3, 0.4) is 0 Å². The molecule has 0 saturated carbocycles. The normalized spacial score (nSPS) is 33.1. The van der Waals surface area contributed by atoms with Gasteiger partial charge in [-0.1, -0.05) is 127 Å². The van der Waals surface area contributed by atoms with Gasteiger partial charge in [-0.15, -0.1) is 0 Å². The summed E-state index contributed by atoms with van der Waals surface area (Å²) in [4.78, 5) is 12.8. The van der Waals surface area contributed by atoms with E-state index >= 15 is 0 Å². The summed E-state index contributed by atoms with van der Waals surface area (Å²) >= 11 is 0. The average Bonchev–Trinajstić information content (AvgIpc) is 3.35. The second kappa shape index (κ2) is 35.2. The Morgan fingerprint density at radius 2 is 0.928 bits per heavy atom. The molecule has 3 rings (SSSR count). The molecule has 0 spiro atoms. The monoisotopic (exact) mass is 992 g/mol. The number of carbonyl (C=O) groups is 1. The molecule has 1 amide bonds. The van der Waals surface area contributed by atoms with Gasteiger partial charge < -0.3 is 89.9 Å². The smallest absolute Gasteiger partial charge is 0.220 e. The largest absolute Gasteiger partial charge is 0.394 e. The first kappa shape index (κ1) is 61.3. The number of ether oxygens (including phenoxy) is 6. The van der Waals surface area contributed by atoms with E-state index in [2.05, 4.69) is 36.5 Å². The van der Waals surface area contributed by atoms with E-state index in [0.29, 0.717) is 12.8 Å². The fourth-order valence-electron chi connectivity index (χ4n) is 8.55. The highest BCUT2D eigenvalue weighted by atomic mass is 16.8. The van der Waals surface area contributed by atoms with Crippen molar-refractivity contribution in [1.82, 2.24) is 5.32 Å². The molecule has 12 N–H and O–H groups in total. The van der Waals surface area contributed by atoms with Gasteiger partial charge in [0.2, 0.25) is 5.91 Å². The first-order valence-corrected chi connectivity index (χ1v) is 25.7. The van der Waals surface area contributed by atoms with E-state index in [1.807, 2.05) is 6.92 Å². The van der Waals surface area contributed by atoms with Crippen molar-refractivity contribution in [2.24, 2.45) is 0 Å². The summed E-state index contributed by atoms with van der Waals surface area (Å²) in [6, 6.07) is -0.988. The third-order valence-corrected chi connectivity index (χ3v) is 12.9. The lowest BCUT2D eigenvalue weighted by atomic mass is 9.96. The van der Waals surface area contributed by atoms with Crippen LogP contribution in [0.2, 0.25) is 0 Å². The zero-order chi connectivity index (χ0) is 50.6. The Bertz CT molecular complexity index is 1420. The van der Waals surface area contributed by atoms with E-state index in [9.17, 15) is 61.0 Å². The van der Waals surface area contributed by atoms with Crippen molar-refractivity contribution in [2.75, 3.05) is 26.4 Å². The maximum atomic E-state index is 12.8. The molecule has 69 heavy (non-hydrogen) atoms. The molecular formula is C50H89NO18. The molecule has 19 heteroatoms. The molecule has 3 aliphatic heterocycles. The van der Waals surface area contributed by atoms with Crippen LogP contribution in [0.4, 0.5) is 0 Å². The Hall–Kier alpha value is -1.99. The number of hydrogen-bond acceptors (Lipinski definition) is 18. The molecule has 3 saturated heterocycles. The second-order valence-corrected chi connectivity index (χ2v) is 18.6. The molecule has 19 nitrogen and oxygen atoms in total. The number of allylic oxidation sites excluding steroid dienone is 5. The molecule has 0 aromatic rings. The number of amides is 1. The third-order valence-electron chi connectivity index (χ3n) is 12.9. The van der Waals surface area contributed by atoms with E-state index in [1.54, 1.807) is 12.2 Å². The Morgan fingerprint density at radius 3 is 1.43 bits per heavy atom. The summed E-state index contributed by atoms with van der Waals surface area (Å²) in [5, 5.41) is 119. The van der Waals surface area contributed by atoms with Crippen LogP contribution in [0.25, 0.3) is 0 Å². The summed E-state index contributed by atoms with van der Waals surface area (Å²) in [6.45, 7) is 1.39. The summed E-state index contributed by atoms with van der Waals surface area (Å²) in [7, 11) is 0. The minimum absolute atomic E-state index is 0.206. The Balaban J connectivity index is 1.45. The van der Waals surface area contributed by atoms with Gasteiger partial charge in [0.1, 0.15) is 73.2 Å². The van der Waals surface area contributed by atoms with Gasteiger partial charge in [0.25, 0.3) is 0 Å². The fourth-order valence-corrected chi connectivity index (χ4v) is 8.55. The molecule has 0 bridgehead atoms. The SMILES string of the molecule is CCCCCCCCCCCCCC/C=C/CC/C=C/CC/C=C/C(O)C(COC1OC(CO)C(OC2OC(CO)C(OC3OC(CO)C(O)C(O)C3O)C(O)C2O)C(O)C1O)NC(=O)CCCC. The molecule has 0 aliphatic carbocycles. The summed E-state index contributed by atoms with van der Waals surface area (Å²) < 4.78 is 33.8. The Morgan fingerprint density at radius 1 is 0.507 bits per heavy atom. The quantitative estimate of drug-likeness (QED) is 0.0318. The molecule has 0 aromatic heterocycles. The molecule has 402 valence electrons. The van der Waals surface area contributed by atoms with Crippen molar-refractivity contribution in [3.63, 3.8) is 0 Å². The molecule has 17 atom stereocenters. The minimum Gasteiger partial charge on any atom is -0.394 e. The van der Waals surface area contributed by atoms with Crippen LogP contribution < -0.4 is 5.32 Å². The number of aliphatic hydroxyl groups excluding tert-OH is 11. The zero-order valence-electron chi connectivity index (χ0n) is 41.0. The first-order chi connectivity index (χ1) is 33.3. The van der Waals surface area contributed by atoms with Gasteiger partial charge in [-0.3, -0.25) is 4.79 Å². The van der Waals surface area contributed by atoms with Crippen molar-refractivity contribution in [3.8, 4) is 0 Å². The molecule has 3 aliphatic rings. The van der Waals surface area contributed by atoms with Crippen LogP contribution in [-0.4, -0.2) is 193 Å². The molecule has 17 unspecified atom stereocenters. The van der Waals surface area contributed by atoms with Crippen molar-refractivity contribution in [1.29, 1.82) is 0 Å². The second-order valence-electron chi connectivity index (χ2n) is 18.6. The number of hydrogen-bond donors (Lipinski definition) is 12. The molecule has 0 aromatic carbocycles. The average molecular weight is 992 g/mol. The predicted octanol–water partition coefficient (Wildman–Crippen LogP) is 1.81. The molecule has 3 heterocycles. The lowest BCUT2D eigenvalue weighted by Gasteiger charge is -2.48. The lowest BCUT2D eigenvalue weighted by molar-refractivity contribution is -0.379. The summed E-state index contributed by atoms with van der Waals surface area (Å²) in [5.74, 6) is -0.328. The first-order valence-electron chi connectivity index (χ1n) is 25.7. The van der Waals surface area contributed by atoms with Gasteiger partial charge in [0, 0.05) is 6.42 Å². The Kier molecular flexibility index (Phi) is 31.3. The summed E-state index contributed by atoms with van der Waals surface area (Å²) in [5.41, 5.74) is 0. The van der Waals surface area contributed by atoms with Crippen molar-refractivity contribution in [3.05, 3.63) is 36.5 Å². The maximum absolute atomic E-state index is 12.8. The van der Waals surface area contributed by atoms with Gasteiger partial charge in [-0.2, -0.15) is 0 Å². The molecular weight excluding hydrogens is 903 g/mol. The van der Waals surface area contributed by atoms with Gasteiger partial charge >= 0.3 is 0 Å². The number of carbonyl (C=O) groups excluding carboxylic acids is 1. The van der Waals surface area contributed by atoms with Crippen LogP contribution >= 0.6 is 0 Å². The van der Waals surface area contributed by atoms with Crippen molar-refractivity contribution < 1.29 is 89.4 Å². The number of unbranched alkanes of at least 4 members (excludes halogenated alkanes) is 15. The highest BCUT2D eigenvalue weighted by Crippen LogP contribution is 2.33. The summed E-state index contributed by atoms with van der Waals surface area (Å²) in [6.07, 6.45) is 7.43. The number of nitrogens with one attached hydrogen (secondary N) is 1. The van der Waals surface area contributed by atoms with Gasteiger partial charge in [-0.25, -0.2) is 0 Å².